The van der Waals surface area contributed by atoms with Crippen molar-refractivity contribution in [2.75, 3.05) is 0 Å². The second-order valence-corrected chi connectivity index (χ2v) is 7.20. The quantitative estimate of drug-likeness (QED) is 0.853. The first-order valence-corrected chi connectivity index (χ1v) is 8.87. The van der Waals surface area contributed by atoms with Gasteiger partial charge < -0.3 is 9.84 Å². The van der Waals surface area contributed by atoms with Gasteiger partial charge in [0.2, 0.25) is 17.6 Å². The Hall–Kier alpha value is -2.45. The smallest absolute Gasteiger partial charge is 0.344 e. The fraction of sp³-hybridized carbons (Fsp3) is 0.556. The van der Waals surface area contributed by atoms with Gasteiger partial charge in [0.1, 0.15) is 11.7 Å². The maximum absolute atomic E-state index is 12.8. The van der Waals surface area contributed by atoms with Gasteiger partial charge in [0.25, 0.3) is 0 Å². The number of carbonyl (C=O) groups excluding carboxylic acids is 1. The highest BCUT2D eigenvalue weighted by molar-refractivity contribution is 5.82. The Kier molecular flexibility index (Phi) is 5.21. The van der Waals surface area contributed by atoms with Crippen LogP contribution in [0, 0.1) is 5.41 Å². The number of halogens is 3. The van der Waals surface area contributed by atoms with Crippen LogP contribution in [0.5, 0.6) is 0 Å². The molecule has 0 aliphatic heterocycles. The number of hydrogen-bond acceptors (Lipinski definition) is 5. The lowest BCUT2D eigenvalue weighted by Gasteiger charge is -2.32. The van der Waals surface area contributed by atoms with Crippen molar-refractivity contribution in [2.45, 2.75) is 58.2 Å². The molecule has 1 N–H and O–H groups in total. The Morgan fingerprint density at radius 2 is 2.00 bits per heavy atom. The lowest BCUT2D eigenvalue weighted by Crippen LogP contribution is -2.41. The number of hydrogen-bond donors (Lipinski definition) is 1. The number of nitrogens with one attached hydrogen (secondary N) is 1. The zero-order valence-electron chi connectivity index (χ0n) is 15.1. The SMILES string of the molecule is C[C@H](NC(=O)C1(C)CCCCC1)c1nc(-c2ccnc(C(F)(F)F)c2)no1. The van der Waals surface area contributed by atoms with Crippen molar-refractivity contribution in [2.24, 2.45) is 5.41 Å². The molecule has 2 aromatic heterocycles. The summed E-state index contributed by atoms with van der Waals surface area (Å²) in [7, 11) is 0. The van der Waals surface area contributed by atoms with E-state index in [1.165, 1.54) is 6.07 Å². The lowest BCUT2D eigenvalue weighted by molar-refractivity contribution is -0.141. The van der Waals surface area contributed by atoms with Gasteiger partial charge in [-0.2, -0.15) is 18.2 Å². The molecular formula is C18H21F3N4O2. The molecule has 1 atom stereocenters. The summed E-state index contributed by atoms with van der Waals surface area (Å²) in [6, 6.07) is 1.69. The van der Waals surface area contributed by atoms with Crippen LogP contribution in [0.1, 0.15) is 63.6 Å². The molecule has 1 amide bonds. The molecule has 1 saturated carbocycles. The van der Waals surface area contributed by atoms with Crippen LogP contribution in [0.2, 0.25) is 0 Å². The first kappa shape index (κ1) is 19.3. The highest BCUT2D eigenvalue weighted by atomic mass is 19.4. The van der Waals surface area contributed by atoms with E-state index < -0.39 is 23.3 Å². The normalized spacial score (nSPS) is 18.1. The summed E-state index contributed by atoms with van der Waals surface area (Å²) >= 11 is 0. The number of pyridine rings is 1. The molecule has 1 aliphatic rings. The molecule has 2 heterocycles. The van der Waals surface area contributed by atoms with Gasteiger partial charge in [0.05, 0.1) is 0 Å². The van der Waals surface area contributed by atoms with Gasteiger partial charge in [-0.3, -0.25) is 9.78 Å². The maximum Gasteiger partial charge on any atom is 0.433 e. The predicted molar refractivity (Wildman–Crippen MR) is 90.3 cm³/mol. The van der Waals surface area contributed by atoms with Crippen LogP contribution in [0.15, 0.2) is 22.9 Å². The number of nitrogens with zero attached hydrogens (tertiary/aromatic N) is 3. The summed E-state index contributed by atoms with van der Waals surface area (Å²) in [5.74, 6) is 0.0868. The number of carbonyl (C=O) groups is 1. The van der Waals surface area contributed by atoms with E-state index in [1.54, 1.807) is 6.92 Å². The average Bonchev–Trinajstić information content (AvgIpc) is 3.12. The first-order valence-electron chi connectivity index (χ1n) is 8.87. The van der Waals surface area contributed by atoms with Gasteiger partial charge in [-0.25, -0.2) is 0 Å². The third kappa shape index (κ3) is 4.28. The molecular weight excluding hydrogens is 361 g/mol. The van der Waals surface area contributed by atoms with Crippen molar-refractivity contribution in [1.82, 2.24) is 20.4 Å². The summed E-state index contributed by atoms with van der Waals surface area (Å²) in [5, 5.41) is 6.61. The molecule has 0 radical (unpaired) electrons. The topological polar surface area (TPSA) is 80.9 Å². The summed E-state index contributed by atoms with van der Waals surface area (Å²) < 4.78 is 43.5. The van der Waals surface area contributed by atoms with Gasteiger partial charge in [0.15, 0.2) is 0 Å². The van der Waals surface area contributed by atoms with Crippen LogP contribution < -0.4 is 5.32 Å². The van der Waals surface area contributed by atoms with E-state index >= 15 is 0 Å². The van der Waals surface area contributed by atoms with E-state index in [4.69, 9.17) is 4.52 Å². The summed E-state index contributed by atoms with van der Waals surface area (Å²) in [6.45, 7) is 3.65. The second kappa shape index (κ2) is 7.28. The minimum atomic E-state index is -4.56. The van der Waals surface area contributed by atoms with E-state index in [0.29, 0.717) is 0 Å². The molecule has 0 unspecified atom stereocenters. The Balaban J connectivity index is 1.73. The lowest BCUT2D eigenvalue weighted by atomic mass is 9.75. The van der Waals surface area contributed by atoms with Gasteiger partial charge in [-0.05, 0) is 31.9 Å². The fourth-order valence-corrected chi connectivity index (χ4v) is 3.24. The average molecular weight is 382 g/mol. The molecule has 3 rings (SSSR count). The van der Waals surface area contributed by atoms with Crippen LogP contribution in [-0.2, 0) is 11.0 Å². The van der Waals surface area contributed by atoms with Crippen LogP contribution in [0.3, 0.4) is 0 Å². The predicted octanol–water partition coefficient (Wildman–Crippen LogP) is 4.30. The zero-order chi connectivity index (χ0) is 19.7. The van der Waals surface area contributed by atoms with E-state index in [-0.39, 0.29) is 23.2 Å². The Morgan fingerprint density at radius 1 is 1.30 bits per heavy atom. The van der Waals surface area contributed by atoms with Crippen molar-refractivity contribution in [3.8, 4) is 11.4 Å². The summed E-state index contributed by atoms with van der Waals surface area (Å²) in [4.78, 5) is 20.0. The van der Waals surface area contributed by atoms with E-state index in [2.05, 4.69) is 20.4 Å². The first-order chi connectivity index (χ1) is 12.7. The highest BCUT2D eigenvalue weighted by Gasteiger charge is 2.36. The minimum absolute atomic E-state index is 0.0166. The maximum atomic E-state index is 12.8. The largest absolute Gasteiger partial charge is 0.433 e. The van der Waals surface area contributed by atoms with Crippen molar-refractivity contribution >= 4 is 5.91 Å². The van der Waals surface area contributed by atoms with Crippen molar-refractivity contribution in [1.29, 1.82) is 0 Å². The molecule has 1 fully saturated rings. The molecule has 6 nitrogen and oxygen atoms in total. The van der Waals surface area contributed by atoms with Crippen molar-refractivity contribution in [3.05, 3.63) is 29.9 Å². The van der Waals surface area contributed by atoms with Crippen LogP contribution in [0.25, 0.3) is 11.4 Å². The number of aromatic nitrogens is 3. The molecule has 27 heavy (non-hydrogen) atoms. The molecule has 9 heteroatoms. The number of alkyl halides is 3. The van der Waals surface area contributed by atoms with Crippen molar-refractivity contribution < 1.29 is 22.5 Å². The van der Waals surface area contributed by atoms with E-state index in [0.717, 1.165) is 44.4 Å². The van der Waals surface area contributed by atoms with Gasteiger partial charge in [-0.1, -0.05) is 31.3 Å². The number of amides is 1. The molecule has 1 aliphatic carbocycles. The molecule has 146 valence electrons. The third-order valence-electron chi connectivity index (χ3n) is 4.97. The molecule has 2 aromatic rings. The minimum Gasteiger partial charge on any atom is -0.344 e. The fourth-order valence-electron chi connectivity index (χ4n) is 3.24. The Labute approximate surface area is 154 Å². The van der Waals surface area contributed by atoms with Gasteiger partial charge in [0, 0.05) is 17.2 Å². The molecule has 0 spiro atoms. The Morgan fingerprint density at radius 3 is 2.67 bits per heavy atom. The molecule has 0 aromatic carbocycles. The zero-order valence-corrected chi connectivity index (χ0v) is 15.1. The molecule has 0 bridgehead atoms. The highest BCUT2D eigenvalue weighted by Crippen LogP contribution is 2.36. The molecule has 0 saturated heterocycles. The van der Waals surface area contributed by atoms with Crippen LogP contribution in [0.4, 0.5) is 13.2 Å². The monoisotopic (exact) mass is 382 g/mol. The second-order valence-electron chi connectivity index (χ2n) is 7.20. The van der Waals surface area contributed by atoms with Gasteiger partial charge in [-0.15, -0.1) is 0 Å². The summed E-state index contributed by atoms with van der Waals surface area (Å²) in [5.41, 5.74) is -1.30. The van der Waals surface area contributed by atoms with E-state index in [9.17, 15) is 18.0 Å². The van der Waals surface area contributed by atoms with Crippen LogP contribution >= 0.6 is 0 Å². The van der Waals surface area contributed by atoms with Crippen LogP contribution in [-0.4, -0.2) is 21.0 Å². The summed E-state index contributed by atoms with van der Waals surface area (Å²) in [6.07, 6.45) is 1.33. The Bertz CT molecular complexity index is 813. The third-order valence-corrected chi connectivity index (χ3v) is 4.97. The van der Waals surface area contributed by atoms with Gasteiger partial charge >= 0.3 is 6.18 Å². The number of rotatable bonds is 4. The standard InChI is InChI=1S/C18H21F3N4O2/c1-11(23-16(26)17(2)7-4-3-5-8-17)15-24-14(25-27-15)12-6-9-22-13(10-12)18(19,20)21/h6,9-11H,3-5,7-8H2,1-2H3,(H,23,26)/t11-/m0/s1. The van der Waals surface area contributed by atoms with E-state index in [1.807, 2.05) is 6.92 Å². The van der Waals surface area contributed by atoms with Crippen molar-refractivity contribution in [3.63, 3.8) is 0 Å².